The van der Waals surface area contributed by atoms with Crippen molar-refractivity contribution in [1.29, 1.82) is 0 Å². The average Bonchev–Trinajstić information content (AvgIpc) is 2.87. The standard InChI is InChI=1S/C16H15F3N2/c17-16(18,19)14-9-12(20)5-7-15(14)21-13-6-4-10-2-1-3-11(10)8-13/h4-9,21H,1-3,20H2. The van der Waals surface area contributed by atoms with Gasteiger partial charge in [0.05, 0.1) is 11.3 Å². The first-order chi connectivity index (χ1) is 9.93. The number of aryl methyl sites for hydroxylation is 2. The van der Waals surface area contributed by atoms with Crippen molar-refractivity contribution in [2.24, 2.45) is 0 Å². The van der Waals surface area contributed by atoms with Gasteiger partial charge in [0.25, 0.3) is 0 Å². The average molecular weight is 292 g/mol. The van der Waals surface area contributed by atoms with Gasteiger partial charge >= 0.3 is 6.18 Å². The summed E-state index contributed by atoms with van der Waals surface area (Å²) in [5.74, 6) is 0. The van der Waals surface area contributed by atoms with Gasteiger partial charge in [0.1, 0.15) is 0 Å². The van der Waals surface area contributed by atoms with E-state index in [-0.39, 0.29) is 11.4 Å². The highest BCUT2D eigenvalue weighted by Gasteiger charge is 2.33. The van der Waals surface area contributed by atoms with Crippen LogP contribution in [-0.2, 0) is 19.0 Å². The molecule has 2 aromatic carbocycles. The molecule has 0 aliphatic heterocycles. The number of alkyl halides is 3. The molecule has 1 aliphatic carbocycles. The third-order valence-electron chi connectivity index (χ3n) is 3.73. The highest BCUT2D eigenvalue weighted by atomic mass is 19.4. The van der Waals surface area contributed by atoms with Gasteiger partial charge in [-0.15, -0.1) is 0 Å². The molecule has 0 heterocycles. The van der Waals surface area contributed by atoms with Crippen LogP contribution in [-0.4, -0.2) is 0 Å². The van der Waals surface area contributed by atoms with Crippen molar-refractivity contribution < 1.29 is 13.2 Å². The van der Waals surface area contributed by atoms with Crippen LogP contribution in [0.1, 0.15) is 23.1 Å². The molecule has 1 aliphatic rings. The highest BCUT2D eigenvalue weighted by molar-refractivity contribution is 5.67. The van der Waals surface area contributed by atoms with E-state index in [0.717, 1.165) is 25.3 Å². The Bertz CT molecular complexity index is 678. The van der Waals surface area contributed by atoms with Crippen molar-refractivity contribution in [2.45, 2.75) is 25.4 Å². The molecule has 0 bridgehead atoms. The first-order valence-corrected chi connectivity index (χ1v) is 6.79. The number of fused-ring (bicyclic) bond motifs is 1. The lowest BCUT2D eigenvalue weighted by atomic mass is 10.1. The van der Waals surface area contributed by atoms with Gasteiger partial charge in [-0.25, -0.2) is 0 Å². The van der Waals surface area contributed by atoms with Crippen LogP contribution in [0.2, 0.25) is 0 Å². The Morgan fingerprint density at radius 1 is 0.952 bits per heavy atom. The van der Waals surface area contributed by atoms with E-state index in [9.17, 15) is 13.2 Å². The molecule has 0 spiro atoms. The van der Waals surface area contributed by atoms with Gasteiger partial charge < -0.3 is 11.1 Å². The van der Waals surface area contributed by atoms with E-state index in [0.29, 0.717) is 5.69 Å². The molecule has 5 heteroatoms. The molecule has 0 saturated carbocycles. The maximum atomic E-state index is 13.1. The van der Waals surface area contributed by atoms with Crippen molar-refractivity contribution in [1.82, 2.24) is 0 Å². The molecule has 0 saturated heterocycles. The van der Waals surface area contributed by atoms with E-state index >= 15 is 0 Å². The molecule has 2 nitrogen and oxygen atoms in total. The minimum Gasteiger partial charge on any atom is -0.399 e. The third kappa shape index (κ3) is 2.82. The molecule has 2 aromatic rings. The third-order valence-corrected chi connectivity index (χ3v) is 3.73. The minimum absolute atomic E-state index is 0.0228. The number of nitrogen functional groups attached to an aromatic ring is 1. The van der Waals surface area contributed by atoms with E-state index in [2.05, 4.69) is 5.32 Å². The Morgan fingerprint density at radius 2 is 1.71 bits per heavy atom. The van der Waals surface area contributed by atoms with Gasteiger partial charge in [0, 0.05) is 11.4 Å². The van der Waals surface area contributed by atoms with E-state index in [1.807, 2.05) is 18.2 Å². The van der Waals surface area contributed by atoms with E-state index in [4.69, 9.17) is 5.73 Å². The SMILES string of the molecule is Nc1ccc(Nc2ccc3c(c2)CCC3)c(C(F)(F)F)c1. The summed E-state index contributed by atoms with van der Waals surface area (Å²) in [7, 11) is 0. The minimum atomic E-state index is -4.44. The number of nitrogens with one attached hydrogen (secondary N) is 1. The zero-order valence-electron chi connectivity index (χ0n) is 11.3. The van der Waals surface area contributed by atoms with Crippen LogP contribution < -0.4 is 11.1 Å². The molecule has 0 atom stereocenters. The van der Waals surface area contributed by atoms with Crippen molar-refractivity contribution in [3.8, 4) is 0 Å². The molecule has 0 amide bonds. The number of benzene rings is 2. The molecular weight excluding hydrogens is 277 g/mol. The Morgan fingerprint density at radius 3 is 2.48 bits per heavy atom. The molecule has 0 radical (unpaired) electrons. The quantitative estimate of drug-likeness (QED) is 0.799. The van der Waals surface area contributed by atoms with Crippen LogP contribution in [0.5, 0.6) is 0 Å². The van der Waals surface area contributed by atoms with E-state index < -0.39 is 11.7 Å². The normalized spacial score (nSPS) is 14.0. The van der Waals surface area contributed by atoms with Gasteiger partial charge in [-0.3, -0.25) is 0 Å². The topological polar surface area (TPSA) is 38.0 Å². The van der Waals surface area contributed by atoms with Crippen LogP contribution >= 0.6 is 0 Å². The van der Waals surface area contributed by atoms with Crippen molar-refractivity contribution in [3.63, 3.8) is 0 Å². The Hall–Kier alpha value is -2.17. The second kappa shape index (κ2) is 4.98. The van der Waals surface area contributed by atoms with Crippen LogP contribution in [0.15, 0.2) is 36.4 Å². The van der Waals surface area contributed by atoms with Gasteiger partial charge in [-0.1, -0.05) is 6.07 Å². The lowest BCUT2D eigenvalue weighted by Gasteiger charge is -2.16. The zero-order chi connectivity index (χ0) is 15.0. The molecule has 3 rings (SSSR count). The summed E-state index contributed by atoms with van der Waals surface area (Å²) in [6.45, 7) is 0. The van der Waals surface area contributed by atoms with Gasteiger partial charge in [-0.2, -0.15) is 13.2 Å². The van der Waals surface area contributed by atoms with Crippen LogP contribution in [0.25, 0.3) is 0 Å². The summed E-state index contributed by atoms with van der Waals surface area (Å²) in [6.07, 6.45) is -1.30. The van der Waals surface area contributed by atoms with Crippen molar-refractivity contribution in [2.75, 3.05) is 11.1 Å². The first kappa shape index (κ1) is 13.8. The highest BCUT2D eigenvalue weighted by Crippen LogP contribution is 2.37. The van der Waals surface area contributed by atoms with Gasteiger partial charge in [0.2, 0.25) is 0 Å². The van der Waals surface area contributed by atoms with Crippen LogP contribution in [0.3, 0.4) is 0 Å². The lowest BCUT2D eigenvalue weighted by molar-refractivity contribution is -0.136. The molecule has 110 valence electrons. The largest absolute Gasteiger partial charge is 0.418 e. The molecule has 3 N–H and O–H groups in total. The predicted molar refractivity (Wildman–Crippen MR) is 77.6 cm³/mol. The summed E-state index contributed by atoms with van der Waals surface area (Å²) >= 11 is 0. The molecule has 0 unspecified atom stereocenters. The summed E-state index contributed by atoms with van der Waals surface area (Å²) in [5, 5.41) is 2.86. The van der Waals surface area contributed by atoms with Gasteiger partial charge in [-0.05, 0) is 60.7 Å². The van der Waals surface area contributed by atoms with Crippen molar-refractivity contribution in [3.05, 3.63) is 53.1 Å². The van der Waals surface area contributed by atoms with Gasteiger partial charge in [0.15, 0.2) is 0 Å². The maximum absolute atomic E-state index is 13.1. The Labute approximate surface area is 120 Å². The Kier molecular flexibility index (Phi) is 3.27. The number of halogens is 3. The molecular formula is C16H15F3N2. The fourth-order valence-corrected chi connectivity index (χ4v) is 2.71. The summed E-state index contributed by atoms with van der Waals surface area (Å²) in [4.78, 5) is 0. The summed E-state index contributed by atoms with van der Waals surface area (Å²) in [5.41, 5.74) is 8.01. The summed E-state index contributed by atoms with van der Waals surface area (Å²) < 4.78 is 39.2. The number of nitrogens with two attached hydrogens (primary N) is 1. The number of rotatable bonds is 2. The molecule has 0 aromatic heterocycles. The second-order valence-corrected chi connectivity index (χ2v) is 5.26. The lowest BCUT2D eigenvalue weighted by Crippen LogP contribution is -2.09. The van der Waals surface area contributed by atoms with Crippen LogP contribution in [0, 0.1) is 0 Å². The fourth-order valence-electron chi connectivity index (χ4n) is 2.71. The maximum Gasteiger partial charge on any atom is 0.418 e. The molecule has 21 heavy (non-hydrogen) atoms. The number of anilines is 3. The zero-order valence-corrected chi connectivity index (χ0v) is 11.3. The Balaban J connectivity index is 1.95. The number of hydrogen-bond donors (Lipinski definition) is 2. The van der Waals surface area contributed by atoms with E-state index in [1.165, 1.54) is 23.3 Å². The van der Waals surface area contributed by atoms with E-state index in [1.54, 1.807) is 0 Å². The van der Waals surface area contributed by atoms with Crippen molar-refractivity contribution >= 4 is 17.1 Å². The molecule has 0 fully saturated rings. The van der Waals surface area contributed by atoms with Crippen LogP contribution in [0.4, 0.5) is 30.2 Å². The predicted octanol–water partition coefficient (Wildman–Crippen LogP) is 4.52. The first-order valence-electron chi connectivity index (χ1n) is 6.79. The second-order valence-electron chi connectivity index (χ2n) is 5.26. The number of hydrogen-bond acceptors (Lipinski definition) is 2. The summed E-state index contributed by atoms with van der Waals surface area (Å²) in [6, 6.07) is 9.51. The smallest absolute Gasteiger partial charge is 0.399 e. The monoisotopic (exact) mass is 292 g/mol. The fraction of sp³-hybridized carbons (Fsp3) is 0.250.